The molecular formula is C17H24ClN3O. The van der Waals surface area contributed by atoms with E-state index < -0.39 is 0 Å². The second-order valence-corrected chi connectivity index (χ2v) is 6.00. The number of hydrogen-bond donors (Lipinski definition) is 0. The summed E-state index contributed by atoms with van der Waals surface area (Å²) in [5.74, 6) is 1.23. The van der Waals surface area contributed by atoms with Crippen LogP contribution in [0.2, 0.25) is 5.02 Å². The lowest BCUT2D eigenvalue weighted by Crippen LogP contribution is -2.08. The molecule has 1 aromatic heterocycles. The van der Waals surface area contributed by atoms with E-state index in [1.165, 1.54) is 5.56 Å². The zero-order valence-corrected chi connectivity index (χ0v) is 14.7. The smallest absolute Gasteiger partial charge is 0.122 e. The molecule has 120 valence electrons. The molecule has 4 nitrogen and oxygen atoms in total. The third-order valence-corrected chi connectivity index (χ3v) is 4.76. The minimum Gasteiger partial charge on any atom is -0.496 e. The first-order valence-corrected chi connectivity index (χ1v) is 8.12. The quantitative estimate of drug-likeness (QED) is 0.795. The molecule has 0 saturated heterocycles. The fraction of sp³-hybridized carbons (Fsp3) is 0.529. The molecule has 22 heavy (non-hydrogen) atoms. The number of halogens is 1. The van der Waals surface area contributed by atoms with Crippen molar-refractivity contribution >= 4 is 11.6 Å². The highest BCUT2D eigenvalue weighted by atomic mass is 35.5. The van der Waals surface area contributed by atoms with Gasteiger partial charge in [0.2, 0.25) is 0 Å². The molecule has 2 rings (SSSR count). The van der Waals surface area contributed by atoms with Crippen molar-refractivity contribution in [2.24, 2.45) is 0 Å². The molecule has 0 fully saturated rings. The van der Waals surface area contributed by atoms with E-state index >= 15 is 0 Å². The predicted molar refractivity (Wildman–Crippen MR) is 89.9 cm³/mol. The summed E-state index contributed by atoms with van der Waals surface area (Å²) in [7, 11) is 1.71. The van der Waals surface area contributed by atoms with Gasteiger partial charge in [-0.15, -0.1) is 5.10 Å². The van der Waals surface area contributed by atoms with E-state index in [-0.39, 0.29) is 0 Å². The van der Waals surface area contributed by atoms with Crippen LogP contribution in [-0.4, -0.2) is 22.1 Å². The summed E-state index contributed by atoms with van der Waals surface area (Å²) in [6.45, 7) is 9.15. The summed E-state index contributed by atoms with van der Waals surface area (Å²) in [6, 6.07) is 2.02. The van der Waals surface area contributed by atoms with Crippen molar-refractivity contribution in [1.29, 1.82) is 0 Å². The zero-order chi connectivity index (χ0) is 16.3. The lowest BCUT2D eigenvalue weighted by Gasteiger charge is -2.22. The summed E-state index contributed by atoms with van der Waals surface area (Å²) in [5, 5.41) is 9.21. The Morgan fingerprint density at radius 1 is 1.32 bits per heavy atom. The molecule has 0 amide bonds. The van der Waals surface area contributed by atoms with Gasteiger partial charge in [0.15, 0.2) is 0 Å². The van der Waals surface area contributed by atoms with Crippen LogP contribution in [0.25, 0.3) is 0 Å². The average Bonchev–Trinajstić information content (AvgIpc) is 2.98. The van der Waals surface area contributed by atoms with Gasteiger partial charge in [0, 0.05) is 29.7 Å². The van der Waals surface area contributed by atoms with Crippen molar-refractivity contribution in [1.82, 2.24) is 15.0 Å². The summed E-state index contributed by atoms with van der Waals surface area (Å²) in [6.07, 6.45) is 3.85. The number of ether oxygens (including phenoxy) is 1. The van der Waals surface area contributed by atoms with E-state index in [4.69, 9.17) is 16.3 Å². The maximum absolute atomic E-state index is 6.45. The summed E-state index contributed by atoms with van der Waals surface area (Å²) in [4.78, 5) is 0. The van der Waals surface area contributed by atoms with Gasteiger partial charge in [-0.2, -0.15) is 0 Å². The van der Waals surface area contributed by atoms with Crippen molar-refractivity contribution in [3.8, 4) is 5.75 Å². The zero-order valence-electron chi connectivity index (χ0n) is 14.0. The number of methoxy groups -OCH3 is 1. The molecule has 1 unspecified atom stereocenters. The Morgan fingerprint density at radius 2 is 2.05 bits per heavy atom. The second kappa shape index (κ2) is 7.14. The molecule has 1 atom stereocenters. The molecule has 0 bridgehead atoms. The molecule has 0 aliphatic rings. The van der Waals surface area contributed by atoms with E-state index in [0.29, 0.717) is 5.92 Å². The van der Waals surface area contributed by atoms with E-state index in [9.17, 15) is 0 Å². The van der Waals surface area contributed by atoms with Gasteiger partial charge < -0.3 is 4.74 Å². The van der Waals surface area contributed by atoms with E-state index in [0.717, 1.165) is 47.0 Å². The highest BCUT2D eigenvalue weighted by Gasteiger charge is 2.21. The van der Waals surface area contributed by atoms with Crippen LogP contribution in [0.1, 0.15) is 48.6 Å². The highest BCUT2D eigenvalue weighted by Crippen LogP contribution is 2.39. The van der Waals surface area contributed by atoms with Gasteiger partial charge in [-0.1, -0.05) is 23.7 Å². The third kappa shape index (κ3) is 3.27. The number of nitrogens with zero attached hydrogens (tertiary/aromatic N) is 3. The van der Waals surface area contributed by atoms with Crippen LogP contribution in [0.4, 0.5) is 0 Å². The first-order chi connectivity index (χ1) is 10.5. The molecule has 0 N–H and O–H groups in total. The Hall–Kier alpha value is -1.55. The van der Waals surface area contributed by atoms with Crippen LogP contribution in [-0.2, 0) is 13.0 Å². The Balaban J connectivity index is 2.40. The Morgan fingerprint density at radius 3 is 2.59 bits per heavy atom. The number of hydrogen-bond acceptors (Lipinski definition) is 3. The van der Waals surface area contributed by atoms with Crippen molar-refractivity contribution in [3.05, 3.63) is 39.7 Å². The molecule has 1 aromatic carbocycles. The fourth-order valence-electron chi connectivity index (χ4n) is 2.90. The predicted octanol–water partition coefficient (Wildman–Crippen LogP) is 4.31. The van der Waals surface area contributed by atoms with Crippen LogP contribution >= 0.6 is 11.6 Å². The Kier molecular flexibility index (Phi) is 5.46. The van der Waals surface area contributed by atoms with Gasteiger partial charge >= 0.3 is 0 Å². The molecule has 0 aliphatic heterocycles. The van der Waals surface area contributed by atoms with Gasteiger partial charge in [0.25, 0.3) is 0 Å². The standard InChI is InChI=1S/C17H24ClN3O/c1-6-13(9-14-10-21(7-2)20-19-14)16-12(4)17(18)11(3)8-15(16)22-5/h8,10,13H,6-7,9H2,1-5H3. The molecule has 0 saturated carbocycles. The minimum atomic E-state index is 0.315. The van der Waals surface area contributed by atoms with E-state index in [1.807, 2.05) is 23.9 Å². The van der Waals surface area contributed by atoms with Crippen molar-refractivity contribution in [2.75, 3.05) is 7.11 Å². The van der Waals surface area contributed by atoms with Crippen molar-refractivity contribution in [2.45, 2.75) is 53.0 Å². The molecule has 0 spiro atoms. The molecule has 5 heteroatoms. The van der Waals surface area contributed by atoms with Gasteiger partial charge in [0.1, 0.15) is 5.75 Å². The maximum Gasteiger partial charge on any atom is 0.122 e. The summed E-state index contributed by atoms with van der Waals surface area (Å²) < 4.78 is 7.46. The third-order valence-electron chi connectivity index (χ3n) is 4.18. The van der Waals surface area contributed by atoms with E-state index in [1.54, 1.807) is 7.11 Å². The summed E-state index contributed by atoms with van der Waals surface area (Å²) in [5.41, 5.74) is 4.35. The van der Waals surface area contributed by atoms with Crippen LogP contribution in [0, 0.1) is 13.8 Å². The average molecular weight is 322 g/mol. The lowest BCUT2D eigenvalue weighted by atomic mass is 9.87. The van der Waals surface area contributed by atoms with Crippen molar-refractivity contribution < 1.29 is 4.74 Å². The molecule has 1 heterocycles. The molecular weight excluding hydrogens is 298 g/mol. The Bertz CT molecular complexity index is 652. The molecule has 0 aliphatic carbocycles. The number of rotatable bonds is 6. The fourth-order valence-corrected chi connectivity index (χ4v) is 3.06. The molecule has 2 aromatic rings. The minimum absolute atomic E-state index is 0.315. The lowest BCUT2D eigenvalue weighted by molar-refractivity contribution is 0.403. The summed E-state index contributed by atoms with van der Waals surface area (Å²) >= 11 is 6.45. The Labute approximate surface area is 137 Å². The molecule has 0 radical (unpaired) electrons. The number of aryl methyl sites for hydroxylation is 2. The van der Waals surface area contributed by atoms with Gasteiger partial charge in [0.05, 0.1) is 12.8 Å². The number of aromatic nitrogens is 3. The normalized spacial score (nSPS) is 12.5. The van der Waals surface area contributed by atoms with E-state index in [2.05, 4.69) is 31.1 Å². The first-order valence-electron chi connectivity index (χ1n) is 7.74. The maximum atomic E-state index is 6.45. The van der Waals surface area contributed by atoms with Crippen LogP contribution in [0.15, 0.2) is 12.3 Å². The van der Waals surface area contributed by atoms with Crippen LogP contribution in [0.5, 0.6) is 5.75 Å². The van der Waals surface area contributed by atoms with Crippen LogP contribution < -0.4 is 4.74 Å². The first kappa shape index (κ1) is 16.8. The van der Waals surface area contributed by atoms with Crippen molar-refractivity contribution in [3.63, 3.8) is 0 Å². The monoisotopic (exact) mass is 321 g/mol. The second-order valence-electron chi connectivity index (χ2n) is 5.62. The van der Waals surface area contributed by atoms with Gasteiger partial charge in [-0.3, -0.25) is 4.68 Å². The topological polar surface area (TPSA) is 39.9 Å². The highest BCUT2D eigenvalue weighted by molar-refractivity contribution is 6.32. The number of benzene rings is 1. The van der Waals surface area contributed by atoms with Gasteiger partial charge in [-0.05, 0) is 50.3 Å². The van der Waals surface area contributed by atoms with Gasteiger partial charge in [-0.25, -0.2) is 0 Å². The SMILES string of the molecule is CCC(Cc1cn(CC)nn1)c1c(OC)cc(C)c(Cl)c1C. The largest absolute Gasteiger partial charge is 0.496 e. The van der Waals surface area contributed by atoms with Crippen LogP contribution in [0.3, 0.4) is 0 Å².